The van der Waals surface area contributed by atoms with E-state index in [2.05, 4.69) is 6.92 Å². The Balaban J connectivity index is 2.84. The second-order valence-corrected chi connectivity index (χ2v) is 3.86. The average molecular weight is 226 g/mol. The van der Waals surface area contributed by atoms with Crippen LogP contribution in [0.5, 0.6) is 5.75 Å². The van der Waals surface area contributed by atoms with Gasteiger partial charge in [0.15, 0.2) is 11.6 Å². The molecule has 1 aromatic rings. The maximum atomic E-state index is 13.5. The molecule has 1 unspecified atom stereocenters. The molecule has 0 fully saturated rings. The molecule has 90 valence electrons. The molecular formula is C12H19FN2O. The van der Waals surface area contributed by atoms with Crippen LogP contribution >= 0.6 is 0 Å². The first-order chi connectivity index (χ1) is 7.60. The minimum atomic E-state index is -0.341. The summed E-state index contributed by atoms with van der Waals surface area (Å²) in [5.74, 6) is -0.0737. The molecule has 1 atom stereocenters. The highest BCUT2D eigenvalue weighted by atomic mass is 19.1. The molecule has 0 saturated heterocycles. The molecule has 0 aliphatic rings. The average Bonchev–Trinajstić information content (AvgIpc) is 2.28. The summed E-state index contributed by atoms with van der Waals surface area (Å²) in [5, 5.41) is 0. The molecule has 16 heavy (non-hydrogen) atoms. The van der Waals surface area contributed by atoms with Crippen molar-refractivity contribution in [3.63, 3.8) is 0 Å². The van der Waals surface area contributed by atoms with Gasteiger partial charge in [0, 0.05) is 24.8 Å². The summed E-state index contributed by atoms with van der Waals surface area (Å²) < 4.78 is 18.4. The van der Waals surface area contributed by atoms with Gasteiger partial charge in [-0.15, -0.1) is 0 Å². The van der Waals surface area contributed by atoms with E-state index in [9.17, 15) is 4.39 Å². The fourth-order valence-electron chi connectivity index (χ4n) is 1.56. The monoisotopic (exact) mass is 226 g/mol. The van der Waals surface area contributed by atoms with Gasteiger partial charge in [0.1, 0.15) is 0 Å². The van der Waals surface area contributed by atoms with E-state index in [4.69, 9.17) is 10.5 Å². The van der Waals surface area contributed by atoms with Crippen molar-refractivity contribution in [1.29, 1.82) is 0 Å². The van der Waals surface area contributed by atoms with Crippen LogP contribution in [0.4, 0.5) is 10.1 Å². The molecule has 1 aromatic carbocycles. The van der Waals surface area contributed by atoms with Gasteiger partial charge in [-0.1, -0.05) is 0 Å². The number of halogens is 1. The molecule has 0 spiro atoms. The Morgan fingerprint density at radius 2 is 2.19 bits per heavy atom. The lowest BCUT2D eigenvalue weighted by Crippen LogP contribution is -2.30. The summed E-state index contributed by atoms with van der Waals surface area (Å²) in [6.07, 6.45) is 0.879. The van der Waals surface area contributed by atoms with Gasteiger partial charge in [0.2, 0.25) is 0 Å². The van der Waals surface area contributed by atoms with Crippen molar-refractivity contribution in [2.75, 3.05) is 25.6 Å². The van der Waals surface area contributed by atoms with Crippen LogP contribution in [0, 0.1) is 5.82 Å². The van der Waals surface area contributed by atoms with E-state index >= 15 is 0 Å². The Morgan fingerprint density at radius 1 is 1.50 bits per heavy atom. The van der Waals surface area contributed by atoms with E-state index in [1.54, 1.807) is 6.07 Å². The van der Waals surface area contributed by atoms with E-state index in [0.717, 1.165) is 12.1 Å². The Hall–Kier alpha value is -1.29. The number of benzene rings is 1. The van der Waals surface area contributed by atoms with Gasteiger partial charge >= 0.3 is 0 Å². The number of anilines is 1. The van der Waals surface area contributed by atoms with Crippen molar-refractivity contribution < 1.29 is 9.13 Å². The molecule has 0 aromatic heterocycles. The van der Waals surface area contributed by atoms with Gasteiger partial charge < -0.3 is 15.4 Å². The molecule has 0 radical (unpaired) electrons. The Morgan fingerprint density at radius 3 is 2.69 bits per heavy atom. The second kappa shape index (κ2) is 5.70. The van der Waals surface area contributed by atoms with Gasteiger partial charge in [-0.25, -0.2) is 4.39 Å². The van der Waals surface area contributed by atoms with Gasteiger partial charge in [-0.05, 0) is 32.0 Å². The van der Waals surface area contributed by atoms with Crippen LogP contribution in [-0.2, 0) is 0 Å². The third kappa shape index (κ3) is 2.85. The number of ether oxygens (including phenoxy) is 1. The summed E-state index contributed by atoms with van der Waals surface area (Å²) in [6, 6.07) is 5.25. The first-order valence-corrected chi connectivity index (χ1v) is 5.36. The van der Waals surface area contributed by atoms with Crippen molar-refractivity contribution >= 4 is 5.69 Å². The molecule has 0 heterocycles. The van der Waals surface area contributed by atoms with Crippen molar-refractivity contribution in [3.8, 4) is 5.75 Å². The zero-order valence-corrected chi connectivity index (χ0v) is 10.0. The van der Waals surface area contributed by atoms with Crippen LogP contribution < -0.4 is 15.4 Å². The lowest BCUT2D eigenvalue weighted by Gasteiger charge is -2.26. The van der Waals surface area contributed by atoms with Crippen LogP contribution in [0.1, 0.15) is 13.3 Å². The lowest BCUT2D eigenvalue weighted by atomic mass is 10.2. The third-order valence-electron chi connectivity index (χ3n) is 2.79. The minimum Gasteiger partial charge on any atom is -0.494 e. The predicted octanol–water partition coefficient (Wildman–Crippen LogP) is 2.01. The zero-order chi connectivity index (χ0) is 12.1. The summed E-state index contributed by atoms with van der Waals surface area (Å²) in [6.45, 7) is 2.69. The number of nitrogens with zero attached hydrogens (tertiary/aromatic N) is 1. The topological polar surface area (TPSA) is 38.5 Å². The quantitative estimate of drug-likeness (QED) is 0.834. The highest BCUT2D eigenvalue weighted by Crippen LogP contribution is 2.24. The molecule has 0 aliphatic heterocycles. The number of hydrogen-bond donors (Lipinski definition) is 1. The summed E-state index contributed by atoms with van der Waals surface area (Å²) in [4.78, 5) is 2.01. The lowest BCUT2D eigenvalue weighted by molar-refractivity contribution is 0.386. The molecule has 0 saturated carbocycles. The van der Waals surface area contributed by atoms with E-state index < -0.39 is 0 Å². The standard InChI is InChI=1S/C12H19FN2O/c1-9(6-7-14)15(2)10-4-5-12(16-3)11(13)8-10/h4-5,8-9H,6-7,14H2,1-3H3. The second-order valence-electron chi connectivity index (χ2n) is 3.86. The highest BCUT2D eigenvalue weighted by molar-refractivity contribution is 5.49. The normalized spacial score (nSPS) is 12.3. The molecule has 0 aliphatic carbocycles. The van der Waals surface area contributed by atoms with Gasteiger partial charge in [0.05, 0.1) is 7.11 Å². The van der Waals surface area contributed by atoms with E-state index in [1.165, 1.54) is 13.2 Å². The molecule has 1 rings (SSSR count). The fraction of sp³-hybridized carbons (Fsp3) is 0.500. The Labute approximate surface area is 96.0 Å². The number of rotatable bonds is 5. The summed E-state index contributed by atoms with van der Waals surface area (Å²) in [7, 11) is 3.39. The number of hydrogen-bond acceptors (Lipinski definition) is 3. The Kier molecular flexibility index (Phi) is 4.55. The van der Waals surface area contributed by atoms with Crippen molar-refractivity contribution in [1.82, 2.24) is 0 Å². The van der Waals surface area contributed by atoms with Crippen molar-refractivity contribution in [2.45, 2.75) is 19.4 Å². The number of methoxy groups -OCH3 is 1. The van der Waals surface area contributed by atoms with Gasteiger partial charge in [-0.2, -0.15) is 0 Å². The van der Waals surface area contributed by atoms with Crippen molar-refractivity contribution in [3.05, 3.63) is 24.0 Å². The highest BCUT2D eigenvalue weighted by Gasteiger charge is 2.11. The SMILES string of the molecule is COc1ccc(N(C)C(C)CCN)cc1F. The first-order valence-electron chi connectivity index (χ1n) is 5.36. The molecule has 0 bridgehead atoms. The summed E-state index contributed by atoms with van der Waals surface area (Å²) >= 11 is 0. The molecule has 2 N–H and O–H groups in total. The smallest absolute Gasteiger partial charge is 0.167 e. The predicted molar refractivity (Wildman–Crippen MR) is 64.5 cm³/mol. The van der Waals surface area contributed by atoms with E-state index in [-0.39, 0.29) is 17.6 Å². The van der Waals surface area contributed by atoms with Crippen LogP contribution in [0.15, 0.2) is 18.2 Å². The van der Waals surface area contributed by atoms with Gasteiger partial charge in [-0.3, -0.25) is 0 Å². The largest absolute Gasteiger partial charge is 0.494 e. The minimum absolute atomic E-state index is 0.267. The van der Waals surface area contributed by atoms with Crippen LogP contribution in [0.2, 0.25) is 0 Å². The first kappa shape index (κ1) is 12.8. The molecule has 0 amide bonds. The van der Waals surface area contributed by atoms with Crippen molar-refractivity contribution in [2.24, 2.45) is 5.73 Å². The van der Waals surface area contributed by atoms with Gasteiger partial charge in [0.25, 0.3) is 0 Å². The Bertz CT molecular complexity index is 344. The fourth-order valence-corrected chi connectivity index (χ4v) is 1.56. The van der Waals surface area contributed by atoms with E-state index in [1.807, 2.05) is 18.0 Å². The molecular weight excluding hydrogens is 207 g/mol. The molecule has 4 heteroatoms. The summed E-state index contributed by atoms with van der Waals surface area (Å²) in [5.41, 5.74) is 6.33. The van der Waals surface area contributed by atoms with Crippen LogP contribution in [-0.4, -0.2) is 26.7 Å². The molecule has 3 nitrogen and oxygen atoms in total. The zero-order valence-electron chi connectivity index (χ0n) is 10.0. The van der Waals surface area contributed by atoms with Crippen LogP contribution in [0.25, 0.3) is 0 Å². The number of nitrogens with two attached hydrogens (primary N) is 1. The van der Waals surface area contributed by atoms with E-state index in [0.29, 0.717) is 6.54 Å². The maximum Gasteiger partial charge on any atom is 0.167 e. The van der Waals surface area contributed by atoms with Crippen LogP contribution in [0.3, 0.4) is 0 Å². The third-order valence-corrected chi connectivity index (χ3v) is 2.79. The maximum absolute atomic E-state index is 13.5.